The van der Waals surface area contributed by atoms with Crippen LogP contribution in [-0.2, 0) is 21.7 Å². The molecule has 0 aliphatic heterocycles. The molecule has 0 amide bonds. The Bertz CT molecular complexity index is 912. The molecule has 1 radical (unpaired) electrons. The Balaban J connectivity index is 0.000000274. The average molecular weight is 478 g/mol. The largest absolute Gasteiger partial charge is 3.00 e. The molecule has 2 aromatic carbocycles. The molecule has 2 aromatic rings. The van der Waals surface area contributed by atoms with Crippen LogP contribution in [-0.4, -0.2) is 11.1 Å². The van der Waals surface area contributed by atoms with Crippen LogP contribution in [0.4, 0.5) is 0 Å². The van der Waals surface area contributed by atoms with Gasteiger partial charge in [-0.3, -0.25) is 0 Å². The van der Waals surface area contributed by atoms with Gasteiger partial charge in [0.2, 0.25) is 0 Å². The van der Waals surface area contributed by atoms with Gasteiger partial charge in [-0.15, -0.1) is 12.0 Å². The van der Waals surface area contributed by atoms with Crippen molar-refractivity contribution < 1.29 is 56.4 Å². The number of benzene rings is 2. The van der Waals surface area contributed by atoms with Crippen LogP contribution < -0.4 is 24.8 Å². The third-order valence-electron chi connectivity index (χ3n) is 6.23. The van der Waals surface area contributed by atoms with Gasteiger partial charge in [0.1, 0.15) is 0 Å². The minimum Gasteiger partial charge on any atom is -1.00 e. The Kier molecular flexibility index (Phi) is 10.7. The molecule has 5 rings (SSSR count). The molecule has 0 fully saturated rings. The Labute approximate surface area is 206 Å². The molecule has 30 heavy (non-hydrogen) atoms. The van der Waals surface area contributed by atoms with E-state index in [1.54, 1.807) is 34.4 Å². The van der Waals surface area contributed by atoms with E-state index >= 15 is 0 Å². The number of rotatable bonds is 1. The summed E-state index contributed by atoms with van der Waals surface area (Å²) in [7, 11) is 0. The molecule has 0 bridgehead atoms. The number of allylic oxidation sites excluding steroid dienone is 4. The van der Waals surface area contributed by atoms with Crippen molar-refractivity contribution in [2.75, 3.05) is 0 Å². The minimum atomic E-state index is -0.878. The van der Waals surface area contributed by atoms with Crippen molar-refractivity contribution in [3.05, 3.63) is 76.7 Å². The van der Waals surface area contributed by atoms with Gasteiger partial charge in [-0.2, -0.15) is 5.57 Å². The molecule has 0 spiro atoms. The van der Waals surface area contributed by atoms with Crippen LogP contribution in [0.15, 0.2) is 64.8 Å². The van der Waals surface area contributed by atoms with Crippen molar-refractivity contribution in [1.29, 1.82) is 0 Å². The summed E-state index contributed by atoms with van der Waals surface area (Å²) in [6, 6.07) is 12.7. The maximum Gasteiger partial charge on any atom is 3.00 e. The third-order valence-corrected chi connectivity index (χ3v) is 6.23. The van der Waals surface area contributed by atoms with Gasteiger partial charge in [0, 0.05) is 0 Å². The Morgan fingerprint density at radius 1 is 0.933 bits per heavy atom. The molecule has 1 atom stereocenters. The first-order valence-corrected chi connectivity index (χ1v) is 10.2. The molecular formula is C25H27Cl2O2Ti. The summed E-state index contributed by atoms with van der Waals surface area (Å²) in [5.41, 5.74) is 7.42. The van der Waals surface area contributed by atoms with E-state index in [2.05, 4.69) is 13.3 Å². The molecule has 3 aliphatic rings. The summed E-state index contributed by atoms with van der Waals surface area (Å²) in [6.07, 6.45) is 12.2. The zero-order chi connectivity index (χ0) is 18.8. The molecule has 2 nitrogen and oxygen atoms in total. The van der Waals surface area contributed by atoms with E-state index in [9.17, 15) is 4.79 Å². The maximum absolute atomic E-state index is 10.8. The predicted octanol–water partition coefficient (Wildman–Crippen LogP) is 0.735. The van der Waals surface area contributed by atoms with Gasteiger partial charge in [0.15, 0.2) is 0 Å². The topological polar surface area (TPSA) is 37.3 Å². The summed E-state index contributed by atoms with van der Waals surface area (Å²) in [6.45, 7) is 2.42. The van der Waals surface area contributed by atoms with E-state index in [0.29, 0.717) is 5.56 Å². The van der Waals surface area contributed by atoms with Crippen LogP contribution in [0.3, 0.4) is 0 Å². The van der Waals surface area contributed by atoms with Crippen molar-refractivity contribution in [3.8, 4) is 0 Å². The molecule has 0 heterocycles. The van der Waals surface area contributed by atoms with Gasteiger partial charge >= 0.3 is 27.7 Å². The summed E-state index contributed by atoms with van der Waals surface area (Å²) in [4.78, 5) is 10.8. The summed E-state index contributed by atoms with van der Waals surface area (Å²) >= 11 is 0. The van der Waals surface area contributed by atoms with Crippen LogP contribution in [0.1, 0.15) is 62.2 Å². The second-order valence-corrected chi connectivity index (χ2v) is 7.79. The first-order valence-electron chi connectivity index (χ1n) is 10.2. The molecule has 157 valence electrons. The third kappa shape index (κ3) is 5.35. The number of fused-ring (bicyclic) bond motifs is 2. The fourth-order valence-corrected chi connectivity index (χ4v) is 4.92. The van der Waals surface area contributed by atoms with Crippen molar-refractivity contribution in [3.63, 3.8) is 0 Å². The number of carboxylic acids is 1. The van der Waals surface area contributed by atoms with Gasteiger partial charge in [0.05, 0.1) is 5.56 Å². The van der Waals surface area contributed by atoms with E-state index in [0.717, 1.165) is 16.7 Å². The SMILES string of the molecule is CC1C2=C(CCC[CH-]2)C2=C1CCCC2.O=C(O)c1cccc2ccccc12.[Cl-].[Cl-].[Ti+3]. The zero-order valence-corrected chi connectivity index (χ0v) is 20.3. The first kappa shape index (κ1) is 26.8. The number of hydrogen-bond donors (Lipinski definition) is 1. The van der Waals surface area contributed by atoms with Gasteiger partial charge in [-0.1, -0.05) is 68.2 Å². The Hall–Kier alpha value is -1.19. The molecule has 0 saturated heterocycles. The van der Waals surface area contributed by atoms with Crippen molar-refractivity contribution in [2.45, 2.75) is 51.9 Å². The van der Waals surface area contributed by atoms with Crippen LogP contribution >= 0.6 is 0 Å². The average Bonchev–Trinajstić information content (AvgIpc) is 3.01. The molecule has 3 aliphatic carbocycles. The predicted molar refractivity (Wildman–Crippen MR) is 111 cm³/mol. The van der Waals surface area contributed by atoms with E-state index < -0.39 is 5.97 Å². The van der Waals surface area contributed by atoms with Gasteiger partial charge in [-0.25, -0.2) is 16.8 Å². The fraction of sp³-hybridized carbons (Fsp3) is 0.360. The maximum atomic E-state index is 10.8. The van der Waals surface area contributed by atoms with E-state index in [4.69, 9.17) is 5.11 Å². The molecule has 0 saturated carbocycles. The fourth-order valence-electron chi connectivity index (χ4n) is 4.92. The number of hydrogen-bond acceptors (Lipinski definition) is 1. The van der Waals surface area contributed by atoms with Crippen LogP contribution in [0.2, 0.25) is 0 Å². The smallest absolute Gasteiger partial charge is 1.00 e. The van der Waals surface area contributed by atoms with Gasteiger partial charge in [-0.05, 0) is 42.0 Å². The van der Waals surface area contributed by atoms with E-state index in [-0.39, 0.29) is 46.5 Å². The molecule has 5 heteroatoms. The quantitative estimate of drug-likeness (QED) is 0.485. The van der Waals surface area contributed by atoms with E-state index in [1.165, 1.54) is 44.9 Å². The van der Waals surface area contributed by atoms with Gasteiger partial charge < -0.3 is 29.9 Å². The second kappa shape index (κ2) is 12.0. The Morgan fingerprint density at radius 2 is 1.60 bits per heavy atom. The molecular weight excluding hydrogens is 451 g/mol. The van der Waals surface area contributed by atoms with Gasteiger partial charge in [0.25, 0.3) is 0 Å². The van der Waals surface area contributed by atoms with Crippen LogP contribution in [0.25, 0.3) is 10.8 Å². The summed E-state index contributed by atoms with van der Waals surface area (Å²) < 4.78 is 0. The monoisotopic (exact) mass is 477 g/mol. The molecule has 1 unspecified atom stereocenters. The van der Waals surface area contributed by atoms with Crippen LogP contribution in [0, 0.1) is 12.3 Å². The first-order chi connectivity index (χ1) is 13.2. The normalized spacial score (nSPS) is 19.0. The van der Waals surface area contributed by atoms with Crippen LogP contribution in [0.5, 0.6) is 0 Å². The number of aromatic carboxylic acids is 1. The summed E-state index contributed by atoms with van der Waals surface area (Å²) in [5, 5.41) is 10.6. The number of halogens is 2. The minimum absolute atomic E-state index is 0. The zero-order valence-electron chi connectivity index (χ0n) is 17.3. The number of carbonyl (C=O) groups is 1. The molecule has 0 aromatic heterocycles. The van der Waals surface area contributed by atoms with Crippen molar-refractivity contribution in [2.24, 2.45) is 5.92 Å². The van der Waals surface area contributed by atoms with Crippen molar-refractivity contribution >= 4 is 16.7 Å². The van der Waals surface area contributed by atoms with Crippen molar-refractivity contribution in [1.82, 2.24) is 0 Å². The molecule has 1 N–H and O–H groups in total. The summed E-state index contributed by atoms with van der Waals surface area (Å²) in [5.74, 6) is -0.0996. The Morgan fingerprint density at radius 3 is 2.37 bits per heavy atom. The van der Waals surface area contributed by atoms with E-state index in [1.807, 2.05) is 30.3 Å². The number of carboxylic acid groups (broad SMARTS) is 1. The standard InChI is InChI=1S/C14H19.C11H8O2.2ClH.Ti/c1-10-11-6-2-4-8-13(11)14-9-5-3-7-12(10)14;12-11(13)10-7-3-5-8-4-1-2-6-9(8)10;;;/h6,10H,2-5,7-9H2,1H3;1-7H,(H,12,13);2*1H;/q-1;;;;+3/p-2. The second-order valence-electron chi connectivity index (χ2n) is 7.79.